The van der Waals surface area contributed by atoms with Crippen LogP contribution in [0.5, 0.6) is 0 Å². The maximum absolute atomic E-state index is 4.33. The van der Waals surface area contributed by atoms with Crippen molar-refractivity contribution >= 4 is 17.2 Å². The Morgan fingerprint density at radius 1 is 0.833 bits per heavy atom. The number of aryl methyl sites for hydroxylation is 1. The fraction of sp³-hybridized carbons (Fsp3) is 0.0476. The van der Waals surface area contributed by atoms with Crippen LogP contribution in [0.3, 0.4) is 0 Å². The minimum Gasteiger partial charge on any atom is -0.213 e. The van der Waals surface area contributed by atoms with Gasteiger partial charge in [-0.3, -0.25) is 0 Å². The monoisotopic (exact) mass is 311 g/mol. The van der Waals surface area contributed by atoms with Crippen LogP contribution in [0.4, 0.5) is 0 Å². The van der Waals surface area contributed by atoms with Crippen molar-refractivity contribution in [3.8, 4) is 0 Å². The summed E-state index contributed by atoms with van der Waals surface area (Å²) in [7, 11) is 0. The molecule has 0 radical (unpaired) electrons. The van der Waals surface area contributed by atoms with Gasteiger partial charge in [-0.15, -0.1) is 5.10 Å². The predicted molar refractivity (Wildman–Crippen MR) is 97.6 cm³/mol. The molecule has 3 heteroatoms. The van der Waals surface area contributed by atoms with Gasteiger partial charge in [0, 0.05) is 5.57 Å². The van der Waals surface area contributed by atoms with Crippen molar-refractivity contribution in [3.05, 3.63) is 101 Å². The Kier molecular flexibility index (Phi) is 3.67. The molecule has 116 valence electrons. The number of fused-ring (bicyclic) bond motifs is 1. The molecule has 0 fully saturated rings. The molecule has 3 nitrogen and oxygen atoms in total. The number of rotatable bonds is 3. The van der Waals surface area contributed by atoms with Gasteiger partial charge in [-0.25, -0.2) is 4.52 Å². The van der Waals surface area contributed by atoms with E-state index in [1.807, 2.05) is 29.6 Å². The number of hydrogen-bond donors (Lipinski definition) is 0. The highest BCUT2D eigenvalue weighted by Gasteiger charge is 2.11. The van der Waals surface area contributed by atoms with Gasteiger partial charge in [-0.2, -0.15) is 0 Å². The molecular weight excluding hydrogens is 294 g/mol. The third kappa shape index (κ3) is 2.61. The minimum atomic E-state index is 0.934. The standard InChI is InChI=1S/C21H17N3/c1-16-20-13-8-14-21(24(20)23-22-16)19(18-11-6-3-7-12-18)15-17-9-4-2-5-10-17/h2-15H,1H3/b19-15+. The van der Waals surface area contributed by atoms with E-state index >= 15 is 0 Å². The third-order valence-corrected chi connectivity index (χ3v) is 4.09. The Balaban J connectivity index is 1.98. The molecule has 0 aliphatic carbocycles. The number of benzene rings is 2. The largest absolute Gasteiger partial charge is 0.213 e. The first-order valence-electron chi connectivity index (χ1n) is 7.96. The average Bonchev–Trinajstić information content (AvgIpc) is 3.03. The molecule has 0 unspecified atom stereocenters. The summed E-state index contributed by atoms with van der Waals surface area (Å²) >= 11 is 0. The van der Waals surface area contributed by atoms with Crippen LogP contribution in [0.2, 0.25) is 0 Å². The van der Waals surface area contributed by atoms with Gasteiger partial charge in [0.15, 0.2) is 0 Å². The Morgan fingerprint density at radius 3 is 2.29 bits per heavy atom. The van der Waals surface area contributed by atoms with E-state index < -0.39 is 0 Å². The van der Waals surface area contributed by atoms with Gasteiger partial charge < -0.3 is 0 Å². The Labute approximate surface area is 140 Å². The van der Waals surface area contributed by atoms with Crippen LogP contribution in [0, 0.1) is 6.92 Å². The minimum absolute atomic E-state index is 0.934. The quantitative estimate of drug-likeness (QED) is 0.517. The molecule has 0 spiro atoms. The van der Waals surface area contributed by atoms with Gasteiger partial charge in [0.2, 0.25) is 0 Å². The van der Waals surface area contributed by atoms with Crippen molar-refractivity contribution in [3.63, 3.8) is 0 Å². The summed E-state index contributed by atoms with van der Waals surface area (Å²) in [5.74, 6) is 0. The highest BCUT2D eigenvalue weighted by molar-refractivity contribution is 5.90. The van der Waals surface area contributed by atoms with Crippen LogP contribution in [0.25, 0.3) is 17.2 Å². The first kappa shape index (κ1) is 14.4. The lowest BCUT2D eigenvalue weighted by Gasteiger charge is -2.10. The summed E-state index contributed by atoms with van der Waals surface area (Å²) in [6, 6.07) is 26.9. The zero-order valence-corrected chi connectivity index (χ0v) is 13.4. The van der Waals surface area contributed by atoms with E-state index in [-0.39, 0.29) is 0 Å². The summed E-state index contributed by atoms with van der Waals surface area (Å²) < 4.78 is 1.91. The SMILES string of the molecule is Cc1nnn2c(/C(=C/c3ccccc3)c3ccccc3)cccc12. The summed E-state index contributed by atoms with van der Waals surface area (Å²) in [6.45, 7) is 1.98. The highest BCUT2D eigenvalue weighted by Crippen LogP contribution is 2.26. The maximum atomic E-state index is 4.33. The van der Waals surface area contributed by atoms with E-state index in [9.17, 15) is 0 Å². The summed E-state index contributed by atoms with van der Waals surface area (Å²) in [5, 5.41) is 8.56. The van der Waals surface area contributed by atoms with Crippen LogP contribution in [0.1, 0.15) is 22.5 Å². The Bertz CT molecular complexity index is 999. The molecule has 2 aromatic carbocycles. The molecule has 0 saturated heterocycles. The number of aromatic nitrogens is 3. The smallest absolute Gasteiger partial charge is 0.0901 e. The van der Waals surface area contributed by atoms with Crippen LogP contribution < -0.4 is 0 Å². The van der Waals surface area contributed by atoms with Gasteiger partial charge in [0.25, 0.3) is 0 Å². The van der Waals surface area contributed by atoms with E-state index in [1.54, 1.807) is 0 Å². The molecule has 2 heterocycles. The molecule has 24 heavy (non-hydrogen) atoms. The zero-order chi connectivity index (χ0) is 16.4. The molecule has 2 aromatic heterocycles. The summed E-state index contributed by atoms with van der Waals surface area (Å²) in [6.07, 6.45) is 2.20. The van der Waals surface area contributed by atoms with Crippen molar-refractivity contribution in [2.24, 2.45) is 0 Å². The van der Waals surface area contributed by atoms with Gasteiger partial charge in [-0.1, -0.05) is 71.9 Å². The molecule has 0 amide bonds. The lowest BCUT2D eigenvalue weighted by molar-refractivity contribution is 0.839. The molecule has 0 aliphatic rings. The topological polar surface area (TPSA) is 30.2 Å². The molecule has 0 aliphatic heterocycles. The fourth-order valence-corrected chi connectivity index (χ4v) is 2.88. The molecule has 0 bridgehead atoms. The second-order valence-corrected chi connectivity index (χ2v) is 5.72. The lowest BCUT2D eigenvalue weighted by atomic mass is 9.99. The molecular formula is C21H17N3. The molecule has 0 atom stereocenters. The van der Waals surface area contributed by atoms with E-state index in [1.165, 1.54) is 0 Å². The van der Waals surface area contributed by atoms with Gasteiger partial charge in [-0.05, 0) is 36.3 Å². The first-order chi connectivity index (χ1) is 11.8. The van der Waals surface area contributed by atoms with E-state index in [0.717, 1.165) is 33.6 Å². The number of pyridine rings is 1. The van der Waals surface area contributed by atoms with Crippen LogP contribution in [-0.4, -0.2) is 14.8 Å². The van der Waals surface area contributed by atoms with Crippen LogP contribution >= 0.6 is 0 Å². The second kappa shape index (κ2) is 6.13. The number of hydrogen-bond acceptors (Lipinski definition) is 2. The van der Waals surface area contributed by atoms with E-state index in [4.69, 9.17) is 0 Å². The lowest BCUT2D eigenvalue weighted by Crippen LogP contribution is -1.99. The third-order valence-electron chi connectivity index (χ3n) is 4.09. The fourth-order valence-electron chi connectivity index (χ4n) is 2.88. The van der Waals surface area contributed by atoms with Crippen LogP contribution in [-0.2, 0) is 0 Å². The van der Waals surface area contributed by atoms with Gasteiger partial charge in [0.05, 0.1) is 16.9 Å². The Hall–Kier alpha value is -3.20. The van der Waals surface area contributed by atoms with Crippen molar-refractivity contribution < 1.29 is 0 Å². The average molecular weight is 311 g/mol. The van der Waals surface area contributed by atoms with Crippen molar-refractivity contribution in [2.75, 3.05) is 0 Å². The maximum Gasteiger partial charge on any atom is 0.0901 e. The summed E-state index contributed by atoms with van der Waals surface area (Å²) in [5.41, 5.74) is 6.43. The second-order valence-electron chi connectivity index (χ2n) is 5.72. The van der Waals surface area contributed by atoms with Gasteiger partial charge >= 0.3 is 0 Å². The predicted octanol–water partition coefficient (Wildman–Crippen LogP) is 4.63. The molecule has 4 rings (SSSR count). The van der Waals surface area contributed by atoms with Crippen LogP contribution in [0.15, 0.2) is 78.9 Å². The molecule has 4 aromatic rings. The number of nitrogens with zero attached hydrogens (tertiary/aromatic N) is 3. The van der Waals surface area contributed by atoms with Crippen molar-refractivity contribution in [1.29, 1.82) is 0 Å². The highest BCUT2D eigenvalue weighted by atomic mass is 15.4. The first-order valence-corrected chi connectivity index (χ1v) is 7.96. The molecule has 0 N–H and O–H groups in total. The zero-order valence-electron chi connectivity index (χ0n) is 13.4. The van der Waals surface area contributed by atoms with E-state index in [2.05, 4.69) is 77.1 Å². The Morgan fingerprint density at radius 2 is 1.54 bits per heavy atom. The van der Waals surface area contributed by atoms with Crippen molar-refractivity contribution in [2.45, 2.75) is 6.92 Å². The van der Waals surface area contributed by atoms with E-state index in [0.29, 0.717) is 0 Å². The molecule has 0 saturated carbocycles. The normalized spacial score (nSPS) is 11.8. The van der Waals surface area contributed by atoms with Gasteiger partial charge in [0.1, 0.15) is 0 Å². The summed E-state index contributed by atoms with van der Waals surface area (Å²) in [4.78, 5) is 0. The van der Waals surface area contributed by atoms with Crippen molar-refractivity contribution in [1.82, 2.24) is 14.8 Å².